The van der Waals surface area contributed by atoms with Gasteiger partial charge in [-0.15, -0.1) is 0 Å². The Balaban J connectivity index is 1.73. The number of carbonyl (C=O) groups excluding carboxylic acids is 2. The first-order valence-corrected chi connectivity index (χ1v) is 14.9. The molecule has 0 radical (unpaired) electrons. The van der Waals surface area contributed by atoms with Crippen molar-refractivity contribution < 1.29 is 23.2 Å². The van der Waals surface area contributed by atoms with Crippen LogP contribution in [0.5, 0.6) is 11.5 Å². The van der Waals surface area contributed by atoms with Gasteiger partial charge < -0.3 is 14.4 Å². The summed E-state index contributed by atoms with van der Waals surface area (Å²) >= 11 is 6.55. The van der Waals surface area contributed by atoms with Crippen LogP contribution in [0.2, 0.25) is 5.02 Å². The molecule has 0 fully saturated rings. The number of carbonyl (C=O) groups is 2. The third-order valence-electron chi connectivity index (χ3n) is 5.84. The van der Waals surface area contributed by atoms with Gasteiger partial charge in [0, 0.05) is 16.1 Å². The number of benzene rings is 4. The summed E-state index contributed by atoms with van der Waals surface area (Å²) in [5.74, 6) is -1.26. The number of hydrogen-bond donors (Lipinski definition) is 2. The van der Waals surface area contributed by atoms with Crippen molar-refractivity contribution in [3.8, 4) is 11.5 Å². The Morgan fingerprint density at radius 3 is 1.71 bits per heavy atom. The predicted octanol–water partition coefficient (Wildman–Crippen LogP) is 7.84. The van der Waals surface area contributed by atoms with Gasteiger partial charge >= 0.3 is 13.6 Å². The van der Waals surface area contributed by atoms with Crippen molar-refractivity contribution in [1.82, 2.24) is 15.8 Å². The average Bonchev–Trinajstić information content (AvgIpc) is 2.95. The Morgan fingerprint density at radius 1 is 0.756 bits per heavy atom. The molecule has 3 amide bonds. The molecule has 4 aromatic carbocycles. The Bertz CT molecular complexity index is 1470. The predicted molar refractivity (Wildman–Crippen MR) is 160 cm³/mol. The zero-order valence-corrected chi connectivity index (χ0v) is 24.5. The van der Waals surface area contributed by atoms with E-state index in [0.717, 1.165) is 0 Å². The summed E-state index contributed by atoms with van der Waals surface area (Å²) in [7, 11) is -4.30. The van der Waals surface area contributed by atoms with Gasteiger partial charge in [0.05, 0.1) is 5.54 Å². The van der Waals surface area contributed by atoms with E-state index >= 15 is 0 Å². The van der Waals surface area contributed by atoms with Gasteiger partial charge in [-0.1, -0.05) is 84.4 Å². The lowest BCUT2D eigenvalue weighted by molar-refractivity contribution is 0.0449. The number of para-hydroxylation sites is 2. The summed E-state index contributed by atoms with van der Waals surface area (Å²) in [6, 6.07) is 31.4. The van der Waals surface area contributed by atoms with Crippen LogP contribution < -0.4 is 19.8 Å². The Hall–Kier alpha value is -4.26. The molecular weight excluding hydrogens is 561 g/mol. The molecule has 8 nitrogen and oxygen atoms in total. The standard InChI is InChI=1S/C31H31ClN3O5P/c1-31(2,3)35(29(36)23-15-7-4-8-16-23)34-30(37)33-28(26-21-13-14-22-27(26)32)41(38,39-24-17-9-5-10-18-24)40-25-19-11-6-12-20-25/h4-22,28H,1-3H3,(H2,33,34,37)/t28-/m1/s1. The van der Waals surface area contributed by atoms with E-state index < -0.39 is 30.9 Å². The van der Waals surface area contributed by atoms with Crippen LogP contribution in [0.3, 0.4) is 0 Å². The SMILES string of the molecule is CC(C)(C)N(NC(=O)N[C@@H](c1ccccc1Cl)P(=O)(Oc1ccccc1)Oc1ccccc1)C(=O)c1ccccc1. The molecule has 0 aliphatic carbocycles. The summed E-state index contributed by atoms with van der Waals surface area (Å²) in [5, 5.41) is 4.17. The van der Waals surface area contributed by atoms with Gasteiger partial charge in [0.15, 0.2) is 5.78 Å². The van der Waals surface area contributed by atoms with Crippen LogP contribution in [0, 0.1) is 0 Å². The molecule has 4 aromatic rings. The lowest BCUT2D eigenvalue weighted by Gasteiger charge is -2.36. The maximum Gasteiger partial charge on any atom is 0.457 e. The molecule has 0 aliphatic rings. The summed E-state index contributed by atoms with van der Waals surface area (Å²) in [4.78, 5) is 27.0. The molecule has 2 N–H and O–H groups in total. The van der Waals surface area contributed by atoms with Gasteiger partial charge in [-0.25, -0.2) is 19.8 Å². The van der Waals surface area contributed by atoms with Crippen molar-refractivity contribution in [2.24, 2.45) is 0 Å². The number of amides is 3. The zero-order valence-electron chi connectivity index (χ0n) is 22.9. The molecule has 212 valence electrons. The number of hydrogen-bond acceptors (Lipinski definition) is 5. The number of nitrogens with one attached hydrogen (secondary N) is 2. The second-order valence-electron chi connectivity index (χ2n) is 10.0. The second-order valence-corrected chi connectivity index (χ2v) is 12.4. The minimum absolute atomic E-state index is 0.236. The van der Waals surface area contributed by atoms with Crippen LogP contribution in [-0.4, -0.2) is 22.5 Å². The first-order valence-electron chi connectivity index (χ1n) is 12.9. The van der Waals surface area contributed by atoms with Gasteiger partial charge in [-0.2, -0.15) is 0 Å². The molecule has 0 aromatic heterocycles. The fourth-order valence-electron chi connectivity index (χ4n) is 3.90. The minimum Gasteiger partial charge on any atom is -0.414 e. The molecule has 0 aliphatic heterocycles. The molecule has 0 saturated carbocycles. The largest absolute Gasteiger partial charge is 0.457 e. The van der Waals surface area contributed by atoms with Crippen molar-refractivity contribution >= 4 is 31.1 Å². The number of urea groups is 1. The number of hydrazine groups is 1. The summed E-state index contributed by atoms with van der Waals surface area (Å²) in [6.07, 6.45) is 0. The fourth-order valence-corrected chi connectivity index (χ4v) is 6.14. The van der Waals surface area contributed by atoms with E-state index in [1.54, 1.807) is 136 Å². The van der Waals surface area contributed by atoms with Gasteiger partial charge in [-0.3, -0.25) is 4.79 Å². The monoisotopic (exact) mass is 591 g/mol. The van der Waals surface area contributed by atoms with Crippen LogP contribution >= 0.6 is 19.2 Å². The van der Waals surface area contributed by atoms with E-state index in [-0.39, 0.29) is 16.5 Å². The molecule has 4 rings (SSSR count). The fraction of sp³-hybridized carbons (Fsp3) is 0.161. The lowest BCUT2D eigenvalue weighted by atomic mass is 10.1. The van der Waals surface area contributed by atoms with Gasteiger partial charge in [0.1, 0.15) is 11.5 Å². The Labute approximate surface area is 244 Å². The maximum atomic E-state index is 14.8. The first-order chi connectivity index (χ1) is 19.6. The van der Waals surface area contributed by atoms with Crippen molar-refractivity contribution in [3.05, 3.63) is 131 Å². The van der Waals surface area contributed by atoms with Crippen molar-refractivity contribution in [1.29, 1.82) is 0 Å². The minimum atomic E-state index is -4.30. The molecule has 0 unspecified atom stereocenters. The van der Waals surface area contributed by atoms with Crippen LogP contribution in [0.4, 0.5) is 4.79 Å². The second kappa shape index (κ2) is 12.9. The Morgan fingerprint density at radius 2 is 1.22 bits per heavy atom. The molecule has 1 atom stereocenters. The summed E-state index contributed by atoms with van der Waals surface area (Å²) in [5.41, 5.74) is 2.51. The van der Waals surface area contributed by atoms with E-state index in [0.29, 0.717) is 11.1 Å². The molecule has 41 heavy (non-hydrogen) atoms. The third kappa shape index (κ3) is 7.69. The highest BCUT2D eigenvalue weighted by molar-refractivity contribution is 7.55. The highest BCUT2D eigenvalue weighted by Gasteiger charge is 2.43. The van der Waals surface area contributed by atoms with Crippen LogP contribution in [-0.2, 0) is 4.57 Å². The number of rotatable bonds is 8. The first kappa shape index (κ1) is 29.7. The number of nitrogens with zero attached hydrogens (tertiary/aromatic N) is 1. The van der Waals surface area contributed by atoms with Crippen LogP contribution in [0.25, 0.3) is 0 Å². The van der Waals surface area contributed by atoms with E-state index in [9.17, 15) is 14.2 Å². The van der Waals surface area contributed by atoms with E-state index in [2.05, 4.69) is 10.7 Å². The summed E-state index contributed by atoms with van der Waals surface area (Å²) in [6.45, 7) is 5.34. The zero-order chi connectivity index (χ0) is 29.5. The maximum absolute atomic E-state index is 14.8. The lowest BCUT2D eigenvalue weighted by Crippen LogP contribution is -2.58. The highest BCUT2D eigenvalue weighted by Crippen LogP contribution is 2.59. The van der Waals surface area contributed by atoms with E-state index in [1.165, 1.54) is 5.01 Å². The van der Waals surface area contributed by atoms with E-state index in [4.69, 9.17) is 20.6 Å². The van der Waals surface area contributed by atoms with E-state index in [1.807, 2.05) is 0 Å². The highest BCUT2D eigenvalue weighted by atomic mass is 35.5. The van der Waals surface area contributed by atoms with Gasteiger partial charge in [-0.05, 0) is 63.2 Å². The molecule has 0 heterocycles. The molecule has 0 spiro atoms. The number of halogens is 1. The van der Waals surface area contributed by atoms with Crippen molar-refractivity contribution in [2.45, 2.75) is 32.1 Å². The normalized spacial score (nSPS) is 12.1. The average molecular weight is 592 g/mol. The third-order valence-corrected chi connectivity index (χ3v) is 8.16. The van der Waals surface area contributed by atoms with Gasteiger partial charge in [0.25, 0.3) is 5.91 Å². The molecular formula is C31H31ClN3O5P. The molecule has 0 saturated heterocycles. The molecule has 0 bridgehead atoms. The van der Waals surface area contributed by atoms with Crippen LogP contribution in [0.1, 0.15) is 42.5 Å². The quantitative estimate of drug-likeness (QED) is 0.161. The molecule has 10 heteroatoms. The van der Waals surface area contributed by atoms with Crippen molar-refractivity contribution in [2.75, 3.05) is 0 Å². The van der Waals surface area contributed by atoms with Gasteiger partial charge in [0.2, 0.25) is 0 Å². The van der Waals surface area contributed by atoms with Crippen molar-refractivity contribution in [3.63, 3.8) is 0 Å². The summed E-state index contributed by atoms with van der Waals surface area (Å²) < 4.78 is 26.8. The smallest absolute Gasteiger partial charge is 0.414 e. The topological polar surface area (TPSA) is 97.0 Å². The Kier molecular flexibility index (Phi) is 9.38. The van der Waals surface area contributed by atoms with Crippen LogP contribution in [0.15, 0.2) is 115 Å².